The Kier molecular flexibility index (Phi) is 7.41. The molecule has 0 spiro atoms. The van der Waals surface area contributed by atoms with E-state index < -0.39 is 0 Å². The third-order valence-corrected chi connectivity index (χ3v) is 6.88. The van der Waals surface area contributed by atoms with E-state index in [2.05, 4.69) is 80.2 Å². The zero-order valence-electron chi connectivity index (χ0n) is 19.1. The third-order valence-electron chi connectivity index (χ3n) is 6.88. The first-order valence-corrected chi connectivity index (χ1v) is 12.2. The largest absolute Gasteiger partial charge is 0.103 e. The molecule has 1 aliphatic carbocycles. The highest BCUT2D eigenvalue weighted by atomic mass is 14.2. The van der Waals surface area contributed by atoms with E-state index in [1.807, 2.05) is 6.08 Å². The summed E-state index contributed by atoms with van der Waals surface area (Å²) in [4.78, 5) is 0. The monoisotopic (exact) mass is 408 g/mol. The highest BCUT2D eigenvalue weighted by Gasteiger charge is 2.20. The summed E-state index contributed by atoms with van der Waals surface area (Å²) in [6, 6.07) is 25.7. The van der Waals surface area contributed by atoms with Gasteiger partial charge in [0.05, 0.1) is 0 Å². The van der Waals surface area contributed by atoms with Gasteiger partial charge in [0.25, 0.3) is 0 Å². The second kappa shape index (κ2) is 10.6. The number of unbranched alkanes of at least 4 members (excludes halogenated alkanes) is 2. The topological polar surface area (TPSA) is 0 Å². The van der Waals surface area contributed by atoms with E-state index >= 15 is 0 Å². The molecule has 0 aromatic heterocycles. The van der Waals surface area contributed by atoms with Crippen LogP contribution in [0.5, 0.6) is 0 Å². The number of rotatable bonds is 9. The summed E-state index contributed by atoms with van der Waals surface area (Å²) in [6.07, 6.45) is 12.9. The van der Waals surface area contributed by atoms with Gasteiger partial charge in [-0.25, -0.2) is 0 Å². The van der Waals surface area contributed by atoms with Gasteiger partial charge in [-0.3, -0.25) is 0 Å². The predicted molar refractivity (Wildman–Crippen MR) is 135 cm³/mol. The predicted octanol–water partition coefficient (Wildman–Crippen LogP) is 8.48. The van der Waals surface area contributed by atoms with Crippen LogP contribution in [0.15, 0.2) is 79.4 Å². The number of hydrogen-bond acceptors (Lipinski definition) is 0. The van der Waals surface area contributed by atoms with Crippen LogP contribution in [0, 0.1) is 0 Å². The Morgan fingerprint density at radius 2 is 1.52 bits per heavy atom. The van der Waals surface area contributed by atoms with Crippen molar-refractivity contribution in [3.8, 4) is 11.1 Å². The summed E-state index contributed by atoms with van der Waals surface area (Å²) in [6.45, 7) is 6.10. The number of aryl methyl sites for hydroxylation is 3. The molecule has 0 amide bonds. The molecule has 1 unspecified atom stereocenters. The first-order chi connectivity index (χ1) is 15.3. The van der Waals surface area contributed by atoms with Crippen LogP contribution in [-0.4, -0.2) is 0 Å². The van der Waals surface area contributed by atoms with Crippen LogP contribution >= 0.6 is 0 Å². The molecule has 0 saturated carbocycles. The van der Waals surface area contributed by atoms with Gasteiger partial charge in [0.2, 0.25) is 0 Å². The van der Waals surface area contributed by atoms with Gasteiger partial charge in [0.1, 0.15) is 0 Å². The summed E-state index contributed by atoms with van der Waals surface area (Å²) in [5.41, 5.74) is 10.2. The quantitative estimate of drug-likeness (QED) is 0.246. The molecule has 0 heteroatoms. The van der Waals surface area contributed by atoms with Gasteiger partial charge in [-0.15, -0.1) is 6.58 Å². The van der Waals surface area contributed by atoms with Crippen molar-refractivity contribution in [3.63, 3.8) is 0 Å². The number of fused-ring (bicyclic) bond motifs is 1. The van der Waals surface area contributed by atoms with Crippen molar-refractivity contribution in [2.45, 2.75) is 70.6 Å². The Balaban J connectivity index is 1.42. The molecular weight excluding hydrogens is 372 g/mol. The van der Waals surface area contributed by atoms with Crippen LogP contribution in [0.2, 0.25) is 0 Å². The van der Waals surface area contributed by atoms with Gasteiger partial charge in [-0.05, 0) is 89.8 Å². The lowest BCUT2D eigenvalue weighted by Crippen LogP contribution is -2.13. The van der Waals surface area contributed by atoms with Crippen LogP contribution in [0.25, 0.3) is 11.1 Å². The minimum absolute atomic E-state index is 0.659. The summed E-state index contributed by atoms with van der Waals surface area (Å²) < 4.78 is 0. The van der Waals surface area contributed by atoms with E-state index in [9.17, 15) is 0 Å². The van der Waals surface area contributed by atoms with Crippen molar-refractivity contribution in [2.75, 3.05) is 0 Å². The lowest BCUT2D eigenvalue weighted by atomic mass is 9.79. The van der Waals surface area contributed by atoms with Gasteiger partial charge < -0.3 is 0 Å². The zero-order valence-corrected chi connectivity index (χ0v) is 19.1. The van der Waals surface area contributed by atoms with Gasteiger partial charge in [-0.2, -0.15) is 0 Å². The smallest absolute Gasteiger partial charge is 0.0118 e. The highest BCUT2D eigenvalue weighted by Crippen LogP contribution is 2.35. The van der Waals surface area contributed by atoms with Crippen molar-refractivity contribution in [2.24, 2.45) is 0 Å². The maximum absolute atomic E-state index is 3.82. The van der Waals surface area contributed by atoms with Crippen molar-refractivity contribution < 1.29 is 0 Å². The summed E-state index contributed by atoms with van der Waals surface area (Å²) in [7, 11) is 0. The maximum atomic E-state index is 3.82. The molecule has 3 aromatic carbocycles. The van der Waals surface area contributed by atoms with Crippen molar-refractivity contribution in [1.82, 2.24) is 0 Å². The molecule has 0 nitrogen and oxygen atoms in total. The Morgan fingerprint density at radius 1 is 0.806 bits per heavy atom. The second-order valence-corrected chi connectivity index (χ2v) is 9.15. The number of benzene rings is 3. The first kappa shape index (κ1) is 21.6. The molecule has 0 fully saturated rings. The fraction of sp³-hybridized carbons (Fsp3) is 0.355. The average molecular weight is 409 g/mol. The summed E-state index contributed by atoms with van der Waals surface area (Å²) in [5.74, 6) is 0.659. The molecule has 3 aromatic rings. The summed E-state index contributed by atoms with van der Waals surface area (Å²) >= 11 is 0. The second-order valence-electron chi connectivity index (χ2n) is 9.15. The fourth-order valence-corrected chi connectivity index (χ4v) is 4.89. The molecule has 4 rings (SSSR count). The van der Waals surface area contributed by atoms with E-state index in [-0.39, 0.29) is 0 Å². The third kappa shape index (κ3) is 5.56. The number of allylic oxidation sites excluding steroid dienone is 1. The molecule has 31 heavy (non-hydrogen) atoms. The van der Waals surface area contributed by atoms with Crippen LogP contribution in [-0.2, 0) is 25.7 Å². The molecule has 0 N–H and O–H groups in total. The fourth-order valence-electron chi connectivity index (χ4n) is 4.89. The van der Waals surface area contributed by atoms with Crippen molar-refractivity contribution in [3.05, 3.63) is 107 Å². The molecule has 0 heterocycles. The first-order valence-electron chi connectivity index (χ1n) is 12.2. The van der Waals surface area contributed by atoms with Crippen LogP contribution < -0.4 is 0 Å². The SMILES string of the molecule is C=CCCc1ccc(-c2ccc3c(c2)CCC(c2ccc(CCCCC)cc2)C3)cc1. The van der Waals surface area contributed by atoms with Crippen LogP contribution in [0.1, 0.15) is 72.8 Å². The maximum Gasteiger partial charge on any atom is -0.0118 e. The zero-order chi connectivity index (χ0) is 21.5. The molecular formula is C31H36. The van der Waals surface area contributed by atoms with Crippen LogP contribution in [0.3, 0.4) is 0 Å². The molecule has 0 bridgehead atoms. The van der Waals surface area contributed by atoms with Crippen molar-refractivity contribution in [1.29, 1.82) is 0 Å². The van der Waals surface area contributed by atoms with Crippen molar-refractivity contribution >= 4 is 0 Å². The van der Waals surface area contributed by atoms with E-state index in [0.29, 0.717) is 5.92 Å². The molecule has 0 aliphatic heterocycles. The standard InChI is InChI=1S/C31H36/c1-3-5-7-9-25-12-16-27(17-13-25)29-19-21-30-22-28(18-20-31(30)23-29)26-14-10-24(11-15-26)8-6-4-2/h4,10-18,20,22,29H,2-3,5-9,19,21,23H2,1H3. The lowest BCUT2D eigenvalue weighted by Gasteiger charge is -2.26. The Bertz CT molecular complexity index is 976. The summed E-state index contributed by atoms with van der Waals surface area (Å²) in [5, 5.41) is 0. The normalized spacial score (nSPS) is 15.5. The average Bonchev–Trinajstić information content (AvgIpc) is 2.83. The Morgan fingerprint density at radius 3 is 2.26 bits per heavy atom. The molecule has 1 atom stereocenters. The molecule has 160 valence electrons. The molecule has 0 saturated heterocycles. The van der Waals surface area contributed by atoms with E-state index in [1.54, 1.807) is 5.56 Å². The lowest BCUT2D eigenvalue weighted by molar-refractivity contribution is 0.585. The van der Waals surface area contributed by atoms with E-state index in [4.69, 9.17) is 0 Å². The highest BCUT2D eigenvalue weighted by molar-refractivity contribution is 5.65. The minimum Gasteiger partial charge on any atom is -0.103 e. The Labute approximate surface area is 189 Å². The van der Waals surface area contributed by atoms with Gasteiger partial charge >= 0.3 is 0 Å². The minimum atomic E-state index is 0.659. The number of hydrogen-bond donors (Lipinski definition) is 0. The van der Waals surface area contributed by atoms with Gasteiger partial charge in [-0.1, -0.05) is 92.6 Å². The van der Waals surface area contributed by atoms with Gasteiger partial charge in [0, 0.05) is 0 Å². The Hall–Kier alpha value is -2.60. The molecule has 1 aliphatic rings. The molecule has 0 radical (unpaired) electrons. The van der Waals surface area contributed by atoms with E-state index in [1.165, 1.54) is 78.3 Å². The van der Waals surface area contributed by atoms with Crippen LogP contribution in [0.4, 0.5) is 0 Å². The van der Waals surface area contributed by atoms with Gasteiger partial charge in [0.15, 0.2) is 0 Å². The van der Waals surface area contributed by atoms with E-state index in [0.717, 1.165) is 12.8 Å².